The molecule has 0 aliphatic rings. The fourth-order valence-electron chi connectivity index (χ4n) is 1.05. The number of carboxylic acids is 1. The number of pyridine rings is 1. The number of aromatic nitrogens is 1. The predicted octanol–water partition coefficient (Wildman–Crippen LogP) is 1.92. The third kappa shape index (κ3) is 3.90. The number of aromatic carboxylic acids is 1. The molecule has 94 valence electrons. The number of hydrogen-bond donors (Lipinski definition) is 1. The normalized spacial score (nSPS) is 11.1. The molecule has 1 rings (SSSR count). The van der Waals surface area contributed by atoms with Gasteiger partial charge in [0.15, 0.2) is 11.4 Å². The minimum absolute atomic E-state index is 0.0224. The van der Waals surface area contributed by atoms with Crippen LogP contribution in [0.4, 0.5) is 4.39 Å². The molecule has 0 aromatic carbocycles. The Labute approximate surface area is 98.2 Å². The zero-order valence-corrected chi connectivity index (χ0v) is 9.86. The van der Waals surface area contributed by atoms with E-state index < -0.39 is 11.6 Å². The Morgan fingerprint density at radius 3 is 2.65 bits per heavy atom. The van der Waals surface area contributed by atoms with Crippen molar-refractivity contribution in [3.05, 3.63) is 17.8 Å². The SMILES string of the molecule is COc1nc(C(=O)O)ccc1OCC(C)(C)F. The summed E-state index contributed by atoms with van der Waals surface area (Å²) in [5.41, 5.74) is -1.65. The van der Waals surface area contributed by atoms with E-state index in [1.807, 2.05) is 0 Å². The van der Waals surface area contributed by atoms with E-state index in [-0.39, 0.29) is 23.9 Å². The van der Waals surface area contributed by atoms with Crippen LogP contribution in [0.15, 0.2) is 12.1 Å². The average molecular weight is 243 g/mol. The maximum Gasteiger partial charge on any atom is 0.354 e. The van der Waals surface area contributed by atoms with Gasteiger partial charge in [0.05, 0.1) is 7.11 Å². The zero-order chi connectivity index (χ0) is 13.1. The molecule has 0 fully saturated rings. The van der Waals surface area contributed by atoms with E-state index in [1.165, 1.54) is 33.1 Å². The molecule has 0 atom stereocenters. The number of halogens is 1. The second kappa shape index (κ2) is 4.99. The quantitative estimate of drug-likeness (QED) is 0.855. The molecule has 0 saturated carbocycles. The second-order valence-electron chi connectivity index (χ2n) is 4.02. The van der Waals surface area contributed by atoms with Crippen molar-refractivity contribution in [1.29, 1.82) is 0 Å². The van der Waals surface area contributed by atoms with Gasteiger partial charge < -0.3 is 14.6 Å². The lowest BCUT2D eigenvalue weighted by atomic mass is 10.2. The minimum Gasteiger partial charge on any atom is -0.485 e. The van der Waals surface area contributed by atoms with E-state index in [1.54, 1.807) is 0 Å². The van der Waals surface area contributed by atoms with Gasteiger partial charge in [-0.3, -0.25) is 0 Å². The summed E-state index contributed by atoms with van der Waals surface area (Å²) in [4.78, 5) is 14.4. The number of rotatable bonds is 5. The van der Waals surface area contributed by atoms with Crippen LogP contribution in [0.25, 0.3) is 0 Å². The molecule has 17 heavy (non-hydrogen) atoms. The standard InChI is InChI=1S/C11H14FNO4/c1-11(2,12)6-17-8-5-4-7(10(14)15)13-9(8)16-3/h4-5H,6H2,1-3H3,(H,14,15). The monoisotopic (exact) mass is 243 g/mol. The highest BCUT2D eigenvalue weighted by molar-refractivity contribution is 5.85. The summed E-state index contributed by atoms with van der Waals surface area (Å²) in [5, 5.41) is 8.74. The van der Waals surface area contributed by atoms with Gasteiger partial charge >= 0.3 is 5.97 Å². The van der Waals surface area contributed by atoms with Crippen molar-refractivity contribution in [3.8, 4) is 11.6 Å². The smallest absolute Gasteiger partial charge is 0.354 e. The third-order valence-corrected chi connectivity index (χ3v) is 1.81. The van der Waals surface area contributed by atoms with E-state index in [9.17, 15) is 9.18 Å². The average Bonchev–Trinajstić information content (AvgIpc) is 2.24. The molecule has 0 aliphatic heterocycles. The second-order valence-corrected chi connectivity index (χ2v) is 4.02. The lowest BCUT2D eigenvalue weighted by molar-refractivity contribution is 0.0688. The highest BCUT2D eigenvalue weighted by Gasteiger charge is 2.19. The lowest BCUT2D eigenvalue weighted by Crippen LogP contribution is -2.23. The molecule has 6 heteroatoms. The zero-order valence-electron chi connectivity index (χ0n) is 9.86. The van der Waals surface area contributed by atoms with Crippen LogP contribution in [0.2, 0.25) is 0 Å². The number of nitrogens with zero attached hydrogens (tertiary/aromatic N) is 1. The Balaban J connectivity index is 2.89. The molecule has 0 bridgehead atoms. The number of carboxylic acid groups (broad SMARTS) is 1. The van der Waals surface area contributed by atoms with E-state index in [4.69, 9.17) is 14.6 Å². The number of methoxy groups -OCH3 is 1. The first kappa shape index (κ1) is 13.2. The summed E-state index contributed by atoms with van der Waals surface area (Å²) in [7, 11) is 1.33. The fourth-order valence-corrected chi connectivity index (χ4v) is 1.05. The van der Waals surface area contributed by atoms with Crippen molar-refractivity contribution in [3.63, 3.8) is 0 Å². The summed E-state index contributed by atoms with van der Waals surface area (Å²) in [6.45, 7) is 2.58. The molecule has 1 aromatic heterocycles. The largest absolute Gasteiger partial charge is 0.485 e. The van der Waals surface area contributed by atoms with E-state index in [0.717, 1.165) is 0 Å². The minimum atomic E-state index is -1.49. The topological polar surface area (TPSA) is 68.7 Å². The molecular weight excluding hydrogens is 229 g/mol. The molecule has 5 nitrogen and oxygen atoms in total. The molecule has 0 amide bonds. The van der Waals surface area contributed by atoms with E-state index in [0.29, 0.717) is 0 Å². The molecule has 0 unspecified atom stereocenters. The fraction of sp³-hybridized carbons (Fsp3) is 0.455. The molecule has 0 spiro atoms. The number of carbonyl (C=O) groups is 1. The number of hydrogen-bond acceptors (Lipinski definition) is 4. The van der Waals surface area contributed by atoms with Gasteiger partial charge in [-0.1, -0.05) is 0 Å². The van der Waals surface area contributed by atoms with Crippen LogP contribution in [0.5, 0.6) is 11.6 Å². The summed E-state index contributed by atoms with van der Waals surface area (Å²) < 4.78 is 23.3. The number of alkyl halides is 1. The van der Waals surface area contributed by atoms with Crippen LogP contribution >= 0.6 is 0 Å². The molecular formula is C11H14FNO4. The van der Waals surface area contributed by atoms with Crippen molar-refractivity contribution < 1.29 is 23.8 Å². The molecule has 1 aromatic rings. The van der Waals surface area contributed by atoms with Gasteiger partial charge in [0.25, 0.3) is 5.88 Å². The number of ether oxygens (including phenoxy) is 2. The van der Waals surface area contributed by atoms with Crippen molar-refractivity contribution in [2.45, 2.75) is 19.5 Å². The Hall–Kier alpha value is -1.85. The highest BCUT2D eigenvalue weighted by atomic mass is 19.1. The Bertz CT molecular complexity index is 414. The molecule has 0 saturated heterocycles. The summed E-state index contributed by atoms with van der Waals surface area (Å²) in [6.07, 6.45) is 0. The van der Waals surface area contributed by atoms with Crippen LogP contribution in [0.1, 0.15) is 24.3 Å². The van der Waals surface area contributed by atoms with Crippen molar-refractivity contribution in [2.24, 2.45) is 0 Å². The molecule has 1 N–H and O–H groups in total. The molecule has 0 aliphatic carbocycles. The van der Waals surface area contributed by atoms with Crippen molar-refractivity contribution in [1.82, 2.24) is 4.98 Å². The Morgan fingerprint density at radius 1 is 1.53 bits per heavy atom. The van der Waals surface area contributed by atoms with Crippen LogP contribution in [0, 0.1) is 0 Å². The third-order valence-electron chi connectivity index (χ3n) is 1.81. The van der Waals surface area contributed by atoms with Gasteiger partial charge in [0.2, 0.25) is 0 Å². The predicted molar refractivity (Wildman–Crippen MR) is 58.4 cm³/mol. The molecule has 0 radical (unpaired) electrons. The van der Waals surface area contributed by atoms with Gasteiger partial charge in [-0.05, 0) is 26.0 Å². The van der Waals surface area contributed by atoms with Gasteiger partial charge in [-0.2, -0.15) is 0 Å². The Morgan fingerprint density at radius 2 is 2.18 bits per heavy atom. The van der Waals surface area contributed by atoms with Crippen molar-refractivity contribution in [2.75, 3.05) is 13.7 Å². The maximum absolute atomic E-state index is 13.2. The van der Waals surface area contributed by atoms with Crippen LogP contribution in [-0.2, 0) is 0 Å². The van der Waals surface area contributed by atoms with Crippen molar-refractivity contribution >= 4 is 5.97 Å². The van der Waals surface area contributed by atoms with E-state index in [2.05, 4.69) is 4.98 Å². The van der Waals surface area contributed by atoms with Crippen LogP contribution < -0.4 is 9.47 Å². The first-order valence-corrected chi connectivity index (χ1v) is 4.93. The van der Waals surface area contributed by atoms with Crippen LogP contribution in [-0.4, -0.2) is 35.4 Å². The summed E-state index contributed by atoms with van der Waals surface area (Å²) in [6, 6.07) is 2.66. The first-order valence-electron chi connectivity index (χ1n) is 4.93. The first-order chi connectivity index (χ1) is 7.83. The highest BCUT2D eigenvalue weighted by Crippen LogP contribution is 2.25. The lowest BCUT2D eigenvalue weighted by Gasteiger charge is -2.16. The van der Waals surface area contributed by atoms with Gasteiger partial charge in [-0.15, -0.1) is 0 Å². The van der Waals surface area contributed by atoms with E-state index >= 15 is 0 Å². The van der Waals surface area contributed by atoms with Crippen LogP contribution in [0.3, 0.4) is 0 Å². The van der Waals surface area contributed by atoms with Gasteiger partial charge in [0, 0.05) is 0 Å². The van der Waals surface area contributed by atoms with Gasteiger partial charge in [0.1, 0.15) is 12.3 Å². The summed E-state index contributed by atoms with van der Waals surface area (Å²) in [5.74, 6) is -0.932. The summed E-state index contributed by atoms with van der Waals surface area (Å²) >= 11 is 0. The van der Waals surface area contributed by atoms with Gasteiger partial charge in [-0.25, -0.2) is 14.2 Å². The maximum atomic E-state index is 13.2. The molecule has 1 heterocycles. The Kier molecular flexibility index (Phi) is 3.88.